The highest BCUT2D eigenvalue weighted by Crippen LogP contribution is 2.31. The third kappa shape index (κ3) is 2.34. The second kappa shape index (κ2) is 5.44. The van der Waals surface area contributed by atoms with Crippen molar-refractivity contribution in [1.29, 1.82) is 0 Å². The van der Waals surface area contributed by atoms with Gasteiger partial charge < -0.3 is 9.47 Å². The molecule has 0 bridgehead atoms. The normalized spacial score (nSPS) is 11.1. The molecule has 0 amide bonds. The van der Waals surface area contributed by atoms with E-state index < -0.39 is 0 Å². The second-order valence-corrected chi connectivity index (χ2v) is 5.85. The highest BCUT2D eigenvalue weighted by atomic mass is 19.1. The van der Waals surface area contributed by atoms with Crippen molar-refractivity contribution < 1.29 is 4.39 Å². The van der Waals surface area contributed by atoms with E-state index in [-0.39, 0.29) is 5.82 Å². The largest absolute Gasteiger partial charge is 0.361 e. The van der Waals surface area contributed by atoms with Crippen LogP contribution < -0.4 is 4.90 Å². The molecule has 114 valence electrons. The van der Waals surface area contributed by atoms with E-state index in [4.69, 9.17) is 0 Å². The van der Waals surface area contributed by atoms with Crippen LogP contribution in [-0.4, -0.2) is 23.6 Å². The average molecular weight is 297 g/mol. The van der Waals surface area contributed by atoms with E-state index in [2.05, 4.69) is 23.4 Å². The first-order valence-electron chi connectivity index (χ1n) is 7.35. The van der Waals surface area contributed by atoms with Crippen LogP contribution in [0.2, 0.25) is 0 Å². The molecule has 0 unspecified atom stereocenters. The van der Waals surface area contributed by atoms with Crippen LogP contribution in [0.4, 0.5) is 10.2 Å². The smallest absolute Gasteiger partial charge is 0.152 e. The molecule has 3 aromatic rings. The van der Waals surface area contributed by atoms with E-state index in [9.17, 15) is 4.39 Å². The molecule has 3 nitrogen and oxygen atoms in total. The molecule has 0 aliphatic carbocycles. The van der Waals surface area contributed by atoms with Crippen LogP contribution in [0.5, 0.6) is 0 Å². The lowest BCUT2D eigenvalue weighted by atomic mass is 10.2. The number of aryl methyl sites for hydroxylation is 1. The first-order chi connectivity index (χ1) is 10.5. The third-order valence-electron chi connectivity index (χ3n) is 4.18. The van der Waals surface area contributed by atoms with Crippen molar-refractivity contribution in [3.05, 3.63) is 59.2 Å². The zero-order chi connectivity index (χ0) is 15.9. The van der Waals surface area contributed by atoms with Crippen LogP contribution in [0.15, 0.2) is 36.5 Å². The van der Waals surface area contributed by atoms with Crippen LogP contribution >= 0.6 is 0 Å². The van der Waals surface area contributed by atoms with Crippen molar-refractivity contribution >= 4 is 16.7 Å². The number of fused-ring (bicyclic) bond motifs is 1. The number of nitrogens with zero attached hydrogens (tertiary/aromatic N) is 3. The van der Waals surface area contributed by atoms with E-state index in [0.717, 1.165) is 16.9 Å². The van der Waals surface area contributed by atoms with Crippen LogP contribution in [0, 0.1) is 19.7 Å². The lowest BCUT2D eigenvalue weighted by molar-refractivity contribution is 0.623. The molecule has 0 fully saturated rings. The summed E-state index contributed by atoms with van der Waals surface area (Å²) < 4.78 is 15.7. The summed E-state index contributed by atoms with van der Waals surface area (Å²) in [5, 5.41) is 1.20. The maximum atomic E-state index is 13.5. The maximum Gasteiger partial charge on any atom is 0.152 e. The average Bonchev–Trinajstić information content (AvgIpc) is 2.72. The first kappa shape index (κ1) is 14.6. The van der Waals surface area contributed by atoms with E-state index in [1.807, 2.05) is 37.3 Å². The van der Waals surface area contributed by atoms with Gasteiger partial charge in [0.15, 0.2) is 5.82 Å². The Balaban J connectivity index is 2.22. The van der Waals surface area contributed by atoms with Crippen molar-refractivity contribution in [1.82, 2.24) is 9.55 Å². The molecule has 0 saturated carbocycles. The maximum absolute atomic E-state index is 13.5. The number of hydrogen-bond acceptors (Lipinski definition) is 2. The zero-order valence-corrected chi connectivity index (χ0v) is 13.4. The number of anilines is 1. The lowest BCUT2D eigenvalue weighted by Crippen LogP contribution is -2.13. The van der Waals surface area contributed by atoms with Crippen molar-refractivity contribution in [2.45, 2.75) is 20.4 Å². The standard InChI is InChI=1S/C18H20FN3/c1-12-13(2)22(11-14-6-5-7-15(19)10-14)17-16(12)8-9-20-18(17)21(3)4/h5-10H,11H2,1-4H3. The minimum absolute atomic E-state index is 0.200. The summed E-state index contributed by atoms with van der Waals surface area (Å²) in [6.45, 7) is 4.87. The van der Waals surface area contributed by atoms with Gasteiger partial charge in [-0.1, -0.05) is 12.1 Å². The molecule has 0 atom stereocenters. The van der Waals surface area contributed by atoms with Gasteiger partial charge in [-0.25, -0.2) is 9.37 Å². The molecule has 3 rings (SSSR count). The Morgan fingerprint density at radius 3 is 2.64 bits per heavy atom. The molecule has 0 spiro atoms. The van der Waals surface area contributed by atoms with E-state index in [1.54, 1.807) is 12.1 Å². The minimum atomic E-state index is -0.200. The number of halogens is 1. The molecule has 0 saturated heterocycles. The summed E-state index contributed by atoms with van der Waals surface area (Å²) in [5.74, 6) is 0.736. The fraction of sp³-hybridized carbons (Fsp3) is 0.278. The van der Waals surface area contributed by atoms with Gasteiger partial charge in [-0.2, -0.15) is 0 Å². The van der Waals surface area contributed by atoms with Gasteiger partial charge in [0, 0.05) is 37.9 Å². The SMILES string of the molecule is Cc1c(C)n(Cc2cccc(F)c2)c2c(N(C)C)nccc12. The molecule has 4 heteroatoms. The Kier molecular flexibility index (Phi) is 3.61. The van der Waals surface area contributed by atoms with Gasteiger partial charge in [0.25, 0.3) is 0 Å². The quantitative estimate of drug-likeness (QED) is 0.731. The molecule has 0 radical (unpaired) electrons. The van der Waals surface area contributed by atoms with Gasteiger partial charge >= 0.3 is 0 Å². The van der Waals surface area contributed by atoms with Crippen molar-refractivity contribution in [2.24, 2.45) is 0 Å². The van der Waals surface area contributed by atoms with Gasteiger partial charge in [0.2, 0.25) is 0 Å². The monoisotopic (exact) mass is 297 g/mol. The molecule has 2 aromatic heterocycles. The van der Waals surface area contributed by atoms with E-state index in [0.29, 0.717) is 6.54 Å². The van der Waals surface area contributed by atoms with Crippen LogP contribution in [0.25, 0.3) is 10.9 Å². The Bertz CT molecular complexity index is 834. The Morgan fingerprint density at radius 2 is 1.95 bits per heavy atom. The van der Waals surface area contributed by atoms with Crippen LogP contribution in [-0.2, 0) is 6.54 Å². The number of hydrogen-bond donors (Lipinski definition) is 0. The first-order valence-corrected chi connectivity index (χ1v) is 7.35. The highest BCUT2D eigenvalue weighted by Gasteiger charge is 2.16. The number of benzene rings is 1. The zero-order valence-electron chi connectivity index (χ0n) is 13.4. The lowest BCUT2D eigenvalue weighted by Gasteiger charge is -2.16. The van der Waals surface area contributed by atoms with Gasteiger partial charge in [-0.15, -0.1) is 0 Å². The molecule has 0 N–H and O–H groups in total. The van der Waals surface area contributed by atoms with Gasteiger partial charge in [0.05, 0.1) is 5.52 Å². The van der Waals surface area contributed by atoms with Crippen molar-refractivity contribution in [2.75, 3.05) is 19.0 Å². The summed E-state index contributed by atoms with van der Waals surface area (Å²) in [7, 11) is 3.98. The predicted octanol–water partition coefficient (Wildman–Crippen LogP) is 3.91. The number of pyridine rings is 1. The molecular weight excluding hydrogens is 277 g/mol. The fourth-order valence-corrected chi connectivity index (χ4v) is 2.92. The van der Waals surface area contributed by atoms with Gasteiger partial charge in [-0.3, -0.25) is 0 Å². The van der Waals surface area contributed by atoms with E-state index in [1.165, 1.54) is 22.7 Å². The van der Waals surface area contributed by atoms with Gasteiger partial charge in [-0.05, 0) is 43.2 Å². The molecule has 2 heterocycles. The van der Waals surface area contributed by atoms with Crippen molar-refractivity contribution in [3.63, 3.8) is 0 Å². The number of aromatic nitrogens is 2. The van der Waals surface area contributed by atoms with Crippen molar-refractivity contribution in [3.8, 4) is 0 Å². The molecular formula is C18H20FN3. The number of rotatable bonds is 3. The minimum Gasteiger partial charge on any atom is -0.361 e. The van der Waals surface area contributed by atoms with E-state index >= 15 is 0 Å². The van der Waals surface area contributed by atoms with Crippen LogP contribution in [0.3, 0.4) is 0 Å². The summed E-state index contributed by atoms with van der Waals surface area (Å²) in [5.41, 5.74) is 4.49. The predicted molar refractivity (Wildman–Crippen MR) is 89.0 cm³/mol. The Morgan fingerprint density at radius 1 is 1.18 bits per heavy atom. The Hall–Kier alpha value is -2.36. The Labute approximate surface area is 130 Å². The third-order valence-corrected chi connectivity index (χ3v) is 4.18. The summed E-state index contributed by atoms with van der Waals surface area (Å²) in [4.78, 5) is 6.53. The summed E-state index contributed by atoms with van der Waals surface area (Å²) in [6.07, 6.45) is 1.84. The summed E-state index contributed by atoms with van der Waals surface area (Å²) >= 11 is 0. The van der Waals surface area contributed by atoms with Crippen LogP contribution in [0.1, 0.15) is 16.8 Å². The molecule has 0 aliphatic heterocycles. The van der Waals surface area contributed by atoms with Gasteiger partial charge in [0.1, 0.15) is 5.82 Å². The topological polar surface area (TPSA) is 21.1 Å². The highest BCUT2D eigenvalue weighted by molar-refractivity contribution is 5.93. The fourth-order valence-electron chi connectivity index (χ4n) is 2.92. The molecule has 1 aromatic carbocycles. The molecule has 22 heavy (non-hydrogen) atoms. The molecule has 0 aliphatic rings. The summed E-state index contributed by atoms with van der Waals surface area (Å²) in [6, 6.07) is 8.82. The second-order valence-electron chi connectivity index (χ2n) is 5.85.